The van der Waals surface area contributed by atoms with E-state index in [1.807, 2.05) is 37.3 Å². The molecule has 0 amide bonds. The lowest BCUT2D eigenvalue weighted by molar-refractivity contribution is -0.0553. The maximum absolute atomic E-state index is 13.6. The van der Waals surface area contributed by atoms with E-state index in [9.17, 15) is 13.5 Å². The predicted molar refractivity (Wildman–Crippen MR) is 135 cm³/mol. The van der Waals surface area contributed by atoms with Gasteiger partial charge in [0.25, 0.3) is 0 Å². The molecule has 3 atom stereocenters. The minimum absolute atomic E-state index is 0.0219. The van der Waals surface area contributed by atoms with Crippen molar-refractivity contribution < 1.29 is 13.5 Å². The Morgan fingerprint density at radius 1 is 0.853 bits per heavy atom. The van der Waals surface area contributed by atoms with Gasteiger partial charge in [0.1, 0.15) is 0 Å². The van der Waals surface area contributed by atoms with Gasteiger partial charge in [0.05, 0.1) is 11.5 Å². The van der Waals surface area contributed by atoms with Gasteiger partial charge in [0.15, 0.2) is 0 Å². The fourth-order valence-electron chi connectivity index (χ4n) is 5.64. The van der Waals surface area contributed by atoms with Gasteiger partial charge in [-0.15, -0.1) is 0 Å². The highest BCUT2D eigenvalue weighted by molar-refractivity contribution is 7.89. The minimum Gasteiger partial charge on any atom is -0.395 e. The predicted octanol–water partition coefficient (Wildman–Crippen LogP) is 4.28. The van der Waals surface area contributed by atoms with E-state index >= 15 is 0 Å². The van der Waals surface area contributed by atoms with E-state index in [0.717, 1.165) is 36.1 Å². The summed E-state index contributed by atoms with van der Waals surface area (Å²) in [6.07, 6.45) is 1.75. The summed E-state index contributed by atoms with van der Waals surface area (Å²) in [5.74, 6) is 0.0995. The molecule has 2 saturated heterocycles. The van der Waals surface area contributed by atoms with E-state index < -0.39 is 10.0 Å². The van der Waals surface area contributed by atoms with Gasteiger partial charge in [-0.25, -0.2) is 8.42 Å². The van der Waals surface area contributed by atoms with E-state index in [1.165, 1.54) is 5.56 Å². The van der Waals surface area contributed by atoms with Crippen LogP contribution in [-0.2, 0) is 10.0 Å². The third-order valence-corrected chi connectivity index (χ3v) is 9.47. The van der Waals surface area contributed by atoms with E-state index in [4.69, 9.17) is 0 Å². The van der Waals surface area contributed by atoms with Gasteiger partial charge in [-0.2, -0.15) is 4.31 Å². The second-order valence-electron chi connectivity index (χ2n) is 9.40. The van der Waals surface area contributed by atoms with Gasteiger partial charge in [0.2, 0.25) is 10.0 Å². The number of aliphatic hydroxyl groups excluding tert-OH is 1. The second-order valence-corrected chi connectivity index (χ2v) is 11.3. The van der Waals surface area contributed by atoms with Crippen LogP contribution in [0, 0.1) is 6.92 Å². The number of hydrogen-bond donors (Lipinski definition) is 1. The van der Waals surface area contributed by atoms with Crippen LogP contribution in [0.15, 0.2) is 83.8 Å². The van der Waals surface area contributed by atoms with Crippen molar-refractivity contribution in [3.05, 3.63) is 90.0 Å². The van der Waals surface area contributed by atoms with Crippen molar-refractivity contribution in [1.29, 1.82) is 0 Å². The van der Waals surface area contributed by atoms with Gasteiger partial charge in [-0.05, 0) is 54.6 Å². The van der Waals surface area contributed by atoms with Crippen LogP contribution in [0.1, 0.15) is 29.9 Å². The standard InChI is InChI=1S/C28H32N2O3S/c1-21-9-5-6-12-27(21)34(32,33)29-17-7-8-18-30-25(19-29)28(26(30)20-31)24-15-13-23(14-16-24)22-10-3-2-4-11-22/h2-6,9-16,25-26,28,31H,7-8,17-20H2,1H3/t25-,26-,28-/m0/s1. The van der Waals surface area contributed by atoms with Gasteiger partial charge >= 0.3 is 0 Å². The summed E-state index contributed by atoms with van der Waals surface area (Å²) in [4.78, 5) is 2.71. The molecule has 0 spiro atoms. The summed E-state index contributed by atoms with van der Waals surface area (Å²) in [5, 5.41) is 10.2. The Kier molecular flexibility index (Phi) is 6.58. The third-order valence-electron chi connectivity index (χ3n) is 7.45. The van der Waals surface area contributed by atoms with Crippen LogP contribution in [0.5, 0.6) is 0 Å². The zero-order chi connectivity index (χ0) is 23.7. The molecule has 2 aliphatic heterocycles. The van der Waals surface area contributed by atoms with Crippen LogP contribution >= 0.6 is 0 Å². The Balaban J connectivity index is 1.44. The molecule has 2 heterocycles. The van der Waals surface area contributed by atoms with Crippen LogP contribution in [-0.4, -0.2) is 61.1 Å². The molecule has 6 heteroatoms. The second kappa shape index (κ2) is 9.62. The van der Waals surface area contributed by atoms with Crippen LogP contribution in [0.2, 0.25) is 0 Å². The Bertz CT molecular complexity index is 1230. The van der Waals surface area contributed by atoms with Crippen LogP contribution in [0.4, 0.5) is 0 Å². The highest BCUT2D eigenvalue weighted by Crippen LogP contribution is 2.43. The minimum atomic E-state index is -3.58. The van der Waals surface area contributed by atoms with Crippen molar-refractivity contribution in [2.24, 2.45) is 0 Å². The van der Waals surface area contributed by atoms with E-state index in [2.05, 4.69) is 41.3 Å². The largest absolute Gasteiger partial charge is 0.395 e. The Hall–Kier alpha value is -2.51. The lowest BCUT2D eigenvalue weighted by atomic mass is 9.74. The zero-order valence-electron chi connectivity index (χ0n) is 19.5. The highest BCUT2D eigenvalue weighted by Gasteiger charge is 2.50. The molecular weight excluding hydrogens is 444 g/mol. The molecule has 0 bridgehead atoms. The smallest absolute Gasteiger partial charge is 0.243 e. The fraction of sp³-hybridized carbons (Fsp3) is 0.357. The number of sulfonamides is 1. The maximum atomic E-state index is 13.6. The van der Waals surface area contributed by atoms with Gasteiger partial charge in [0, 0.05) is 31.1 Å². The highest BCUT2D eigenvalue weighted by atomic mass is 32.2. The molecule has 0 unspecified atom stereocenters. The van der Waals surface area contributed by atoms with E-state index in [1.54, 1.807) is 16.4 Å². The Labute approximate surface area is 202 Å². The summed E-state index contributed by atoms with van der Waals surface area (Å²) < 4.78 is 28.9. The summed E-state index contributed by atoms with van der Waals surface area (Å²) >= 11 is 0. The molecule has 5 nitrogen and oxygen atoms in total. The van der Waals surface area contributed by atoms with E-state index in [-0.39, 0.29) is 24.6 Å². The number of benzene rings is 3. The summed E-state index contributed by atoms with van der Waals surface area (Å²) in [6.45, 7) is 3.80. The molecule has 5 rings (SSSR count). The number of fused-ring (bicyclic) bond motifs is 1. The van der Waals surface area contributed by atoms with Crippen molar-refractivity contribution in [3.8, 4) is 11.1 Å². The molecule has 3 aromatic carbocycles. The van der Waals surface area contributed by atoms with Crippen molar-refractivity contribution in [1.82, 2.24) is 9.21 Å². The van der Waals surface area contributed by atoms with Crippen molar-refractivity contribution >= 4 is 10.0 Å². The summed E-state index contributed by atoms with van der Waals surface area (Å²) in [6, 6.07) is 26.1. The van der Waals surface area contributed by atoms with Crippen molar-refractivity contribution in [3.63, 3.8) is 0 Å². The first-order chi connectivity index (χ1) is 16.5. The number of rotatable bonds is 5. The molecule has 178 valence electrons. The number of nitrogens with zero attached hydrogens (tertiary/aromatic N) is 2. The van der Waals surface area contributed by atoms with Gasteiger partial charge in [-0.1, -0.05) is 72.8 Å². The zero-order valence-corrected chi connectivity index (χ0v) is 20.4. The summed E-state index contributed by atoms with van der Waals surface area (Å²) in [5.41, 5.74) is 4.26. The normalized spacial score (nSPS) is 24.0. The number of hydrogen-bond acceptors (Lipinski definition) is 4. The monoisotopic (exact) mass is 476 g/mol. The molecule has 2 aliphatic rings. The molecule has 34 heavy (non-hydrogen) atoms. The van der Waals surface area contributed by atoms with Crippen LogP contribution in [0.25, 0.3) is 11.1 Å². The SMILES string of the molecule is Cc1ccccc1S(=O)(=O)N1CCCCN2[C@@H](CO)[C@@H](c3ccc(-c4ccccc4)cc3)[C@@H]2C1. The molecule has 0 aliphatic carbocycles. The summed E-state index contributed by atoms with van der Waals surface area (Å²) in [7, 11) is -3.58. The van der Waals surface area contributed by atoms with Crippen molar-refractivity contribution in [2.45, 2.75) is 42.7 Å². The molecule has 3 aromatic rings. The lowest BCUT2D eigenvalue weighted by Crippen LogP contribution is -2.67. The van der Waals surface area contributed by atoms with Gasteiger partial charge < -0.3 is 5.11 Å². The number of aliphatic hydroxyl groups is 1. The lowest BCUT2D eigenvalue weighted by Gasteiger charge is -2.57. The topological polar surface area (TPSA) is 60.9 Å². The Morgan fingerprint density at radius 2 is 1.50 bits per heavy atom. The average molecular weight is 477 g/mol. The molecular formula is C28H32N2O3S. The number of aryl methyl sites for hydroxylation is 1. The van der Waals surface area contributed by atoms with Crippen LogP contribution in [0.3, 0.4) is 0 Å². The van der Waals surface area contributed by atoms with Crippen LogP contribution < -0.4 is 0 Å². The molecule has 1 N–H and O–H groups in total. The average Bonchev–Trinajstić information content (AvgIpc) is 2.84. The first-order valence-corrected chi connectivity index (χ1v) is 13.5. The third kappa shape index (κ3) is 4.20. The van der Waals surface area contributed by atoms with Crippen molar-refractivity contribution in [2.75, 3.05) is 26.2 Å². The first-order valence-electron chi connectivity index (χ1n) is 12.1. The molecule has 0 radical (unpaired) electrons. The van der Waals surface area contributed by atoms with E-state index in [0.29, 0.717) is 18.0 Å². The molecule has 0 aromatic heterocycles. The molecule has 2 fully saturated rings. The first kappa shape index (κ1) is 23.2. The fourth-order valence-corrected chi connectivity index (χ4v) is 7.36. The maximum Gasteiger partial charge on any atom is 0.243 e. The Morgan fingerprint density at radius 3 is 2.21 bits per heavy atom. The molecule has 0 saturated carbocycles. The van der Waals surface area contributed by atoms with Gasteiger partial charge in [-0.3, -0.25) is 4.90 Å². The quantitative estimate of drug-likeness (QED) is 0.597.